The van der Waals surface area contributed by atoms with Crippen molar-refractivity contribution in [2.75, 3.05) is 11.6 Å². The SMILES string of the molecule is CSc1cccc(NCc2ccc(C)s2)c1C(=O)O. The van der Waals surface area contributed by atoms with E-state index in [1.807, 2.05) is 24.5 Å². The number of hydrogen-bond acceptors (Lipinski definition) is 4. The zero-order chi connectivity index (χ0) is 13.8. The van der Waals surface area contributed by atoms with Crippen LogP contribution in [0.2, 0.25) is 0 Å². The number of carboxylic acids is 1. The van der Waals surface area contributed by atoms with E-state index in [2.05, 4.69) is 24.4 Å². The summed E-state index contributed by atoms with van der Waals surface area (Å²) in [5.41, 5.74) is 1.02. The number of hydrogen-bond donors (Lipinski definition) is 2. The third-order valence-electron chi connectivity index (χ3n) is 2.71. The third kappa shape index (κ3) is 3.30. The molecule has 0 saturated heterocycles. The number of aryl methyl sites for hydroxylation is 1. The molecule has 3 nitrogen and oxygen atoms in total. The Kier molecular flexibility index (Phi) is 4.50. The maximum absolute atomic E-state index is 11.4. The van der Waals surface area contributed by atoms with Crippen LogP contribution in [-0.4, -0.2) is 17.3 Å². The average Bonchev–Trinajstić information content (AvgIpc) is 2.81. The van der Waals surface area contributed by atoms with Gasteiger partial charge in [0.2, 0.25) is 0 Å². The van der Waals surface area contributed by atoms with Crippen molar-refractivity contribution in [1.82, 2.24) is 0 Å². The van der Waals surface area contributed by atoms with E-state index in [1.165, 1.54) is 21.5 Å². The number of thiophene rings is 1. The molecule has 0 spiro atoms. The Morgan fingerprint density at radius 1 is 1.37 bits per heavy atom. The van der Waals surface area contributed by atoms with Gasteiger partial charge in [0.15, 0.2) is 0 Å². The van der Waals surface area contributed by atoms with E-state index in [1.54, 1.807) is 11.3 Å². The summed E-state index contributed by atoms with van der Waals surface area (Å²) in [4.78, 5) is 14.6. The average molecular weight is 293 g/mol. The molecule has 2 N–H and O–H groups in total. The number of thioether (sulfide) groups is 1. The lowest BCUT2D eigenvalue weighted by atomic mass is 10.1. The first kappa shape index (κ1) is 14.0. The molecule has 0 unspecified atom stereocenters. The number of carbonyl (C=O) groups is 1. The van der Waals surface area contributed by atoms with Crippen LogP contribution in [0.1, 0.15) is 20.1 Å². The number of aromatic carboxylic acids is 1. The van der Waals surface area contributed by atoms with Crippen molar-refractivity contribution < 1.29 is 9.90 Å². The second-order valence-corrected chi connectivity index (χ2v) is 6.27. The van der Waals surface area contributed by atoms with E-state index < -0.39 is 5.97 Å². The first-order valence-electron chi connectivity index (χ1n) is 5.81. The molecule has 1 heterocycles. The van der Waals surface area contributed by atoms with Crippen molar-refractivity contribution in [2.45, 2.75) is 18.4 Å². The standard InChI is InChI=1S/C14H15NO2S2/c1-9-6-7-10(19-9)8-15-11-4-3-5-12(18-2)13(11)14(16)17/h3-7,15H,8H2,1-2H3,(H,16,17). The predicted molar refractivity (Wildman–Crippen MR) is 81.6 cm³/mol. The summed E-state index contributed by atoms with van der Waals surface area (Å²) in [5, 5.41) is 12.5. The minimum absolute atomic E-state index is 0.350. The molecule has 1 aromatic heterocycles. The molecule has 0 radical (unpaired) electrons. The van der Waals surface area contributed by atoms with Gasteiger partial charge >= 0.3 is 5.97 Å². The highest BCUT2D eigenvalue weighted by Crippen LogP contribution is 2.28. The number of carboxylic acid groups (broad SMARTS) is 1. The van der Waals surface area contributed by atoms with Gasteiger partial charge in [-0.15, -0.1) is 23.1 Å². The lowest BCUT2D eigenvalue weighted by molar-refractivity contribution is 0.0694. The van der Waals surface area contributed by atoms with Gasteiger partial charge in [-0.3, -0.25) is 0 Å². The Morgan fingerprint density at radius 2 is 2.16 bits per heavy atom. The van der Waals surface area contributed by atoms with Crippen LogP contribution in [0.4, 0.5) is 5.69 Å². The minimum Gasteiger partial charge on any atom is -0.478 e. The van der Waals surface area contributed by atoms with E-state index in [0.29, 0.717) is 17.8 Å². The van der Waals surface area contributed by atoms with Gasteiger partial charge < -0.3 is 10.4 Å². The van der Waals surface area contributed by atoms with Gasteiger partial charge in [-0.2, -0.15) is 0 Å². The zero-order valence-corrected chi connectivity index (χ0v) is 12.4. The van der Waals surface area contributed by atoms with Gasteiger partial charge in [-0.1, -0.05) is 6.07 Å². The second kappa shape index (κ2) is 6.12. The molecule has 2 aromatic rings. The molecule has 0 bridgehead atoms. The van der Waals surface area contributed by atoms with Crippen molar-refractivity contribution in [3.8, 4) is 0 Å². The van der Waals surface area contributed by atoms with Gasteiger partial charge in [0, 0.05) is 21.2 Å². The van der Waals surface area contributed by atoms with Crippen LogP contribution in [0.3, 0.4) is 0 Å². The summed E-state index contributed by atoms with van der Waals surface area (Å²) in [5.74, 6) is -0.894. The van der Waals surface area contributed by atoms with Gasteiger partial charge in [0.25, 0.3) is 0 Å². The molecule has 0 fully saturated rings. The van der Waals surface area contributed by atoms with Crippen LogP contribution in [-0.2, 0) is 6.54 Å². The molecule has 2 rings (SSSR count). The summed E-state index contributed by atoms with van der Waals surface area (Å²) in [6, 6.07) is 9.64. The van der Waals surface area contributed by atoms with Crippen molar-refractivity contribution in [1.29, 1.82) is 0 Å². The molecule has 19 heavy (non-hydrogen) atoms. The highest BCUT2D eigenvalue weighted by Gasteiger charge is 2.14. The summed E-state index contributed by atoms with van der Waals surface area (Å²) in [6.45, 7) is 2.71. The topological polar surface area (TPSA) is 49.3 Å². The van der Waals surface area contributed by atoms with E-state index in [9.17, 15) is 9.90 Å². The fourth-order valence-electron chi connectivity index (χ4n) is 1.83. The van der Waals surface area contributed by atoms with Gasteiger partial charge in [-0.25, -0.2) is 4.79 Å². The first-order valence-corrected chi connectivity index (χ1v) is 7.85. The van der Waals surface area contributed by atoms with Crippen LogP contribution in [0.15, 0.2) is 35.2 Å². The summed E-state index contributed by atoms with van der Waals surface area (Å²) in [7, 11) is 0. The number of benzene rings is 1. The van der Waals surface area contributed by atoms with E-state index in [0.717, 1.165) is 4.90 Å². The van der Waals surface area contributed by atoms with E-state index >= 15 is 0 Å². The molecule has 0 saturated carbocycles. The van der Waals surface area contributed by atoms with E-state index in [4.69, 9.17) is 0 Å². The van der Waals surface area contributed by atoms with Crippen molar-refractivity contribution >= 4 is 34.8 Å². The lowest BCUT2D eigenvalue weighted by Crippen LogP contribution is -2.07. The van der Waals surface area contributed by atoms with Crippen LogP contribution in [0.25, 0.3) is 0 Å². The molecular formula is C14H15NO2S2. The quantitative estimate of drug-likeness (QED) is 0.815. The van der Waals surface area contributed by atoms with Crippen LogP contribution in [0.5, 0.6) is 0 Å². The third-order valence-corrected chi connectivity index (χ3v) is 4.49. The Hall–Kier alpha value is -1.46. The molecule has 0 atom stereocenters. The number of nitrogens with one attached hydrogen (secondary N) is 1. The highest BCUT2D eigenvalue weighted by molar-refractivity contribution is 7.98. The fourth-order valence-corrected chi connectivity index (χ4v) is 3.28. The molecule has 0 amide bonds. The van der Waals surface area contributed by atoms with Crippen LogP contribution >= 0.6 is 23.1 Å². The second-order valence-electron chi connectivity index (χ2n) is 4.05. The zero-order valence-electron chi connectivity index (χ0n) is 10.8. The predicted octanol–water partition coefficient (Wildman–Crippen LogP) is 4.09. The van der Waals surface area contributed by atoms with Gasteiger partial charge in [0.1, 0.15) is 0 Å². The van der Waals surface area contributed by atoms with Gasteiger partial charge in [0.05, 0.1) is 11.3 Å². The summed E-state index contributed by atoms with van der Waals surface area (Å²) < 4.78 is 0. The maximum atomic E-state index is 11.4. The van der Waals surface area contributed by atoms with Gasteiger partial charge in [-0.05, 0) is 37.4 Å². The van der Waals surface area contributed by atoms with Crippen LogP contribution < -0.4 is 5.32 Å². The lowest BCUT2D eigenvalue weighted by Gasteiger charge is -2.11. The number of anilines is 1. The molecule has 0 aliphatic rings. The molecule has 1 aromatic carbocycles. The normalized spacial score (nSPS) is 10.4. The van der Waals surface area contributed by atoms with Crippen molar-refractivity contribution in [3.05, 3.63) is 45.6 Å². The van der Waals surface area contributed by atoms with Crippen molar-refractivity contribution in [2.24, 2.45) is 0 Å². The highest BCUT2D eigenvalue weighted by atomic mass is 32.2. The fraction of sp³-hybridized carbons (Fsp3) is 0.214. The minimum atomic E-state index is -0.894. The smallest absolute Gasteiger partial charge is 0.338 e. The van der Waals surface area contributed by atoms with Crippen LogP contribution in [0, 0.1) is 6.92 Å². The maximum Gasteiger partial charge on any atom is 0.338 e. The monoisotopic (exact) mass is 293 g/mol. The Bertz CT molecular complexity index is 593. The molecular weight excluding hydrogens is 278 g/mol. The Morgan fingerprint density at radius 3 is 2.74 bits per heavy atom. The molecule has 5 heteroatoms. The summed E-state index contributed by atoms with van der Waals surface area (Å²) >= 11 is 3.16. The Balaban J connectivity index is 2.22. The molecule has 0 aliphatic heterocycles. The first-order chi connectivity index (χ1) is 9.11. The Labute approximate surface area is 120 Å². The number of rotatable bonds is 5. The molecule has 0 aliphatic carbocycles. The summed E-state index contributed by atoms with van der Waals surface area (Å²) in [6.07, 6.45) is 1.88. The van der Waals surface area contributed by atoms with Crippen molar-refractivity contribution in [3.63, 3.8) is 0 Å². The van der Waals surface area contributed by atoms with E-state index in [-0.39, 0.29) is 0 Å². The molecule has 100 valence electrons. The largest absolute Gasteiger partial charge is 0.478 e.